The third kappa shape index (κ3) is 4.08. The summed E-state index contributed by atoms with van der Waals surface area (Å²) in [7, 11) is 4.21. The summed E-state index contributed by atoms with van der Waals surface area (Å²) in [5, 5.41) is 8.82. The molecule has 4 nitrogen and oxygen atoms in total. The number of rotatable bonds is 7. The molecule has 5 heteroatoms. The molecule has 1 atom stereocenters. The van der Waals surface area contributed by atoms with Gasteiger partial charge in [-0.1, -0.05) is 23.8 Å². The van der Waals surface area contributed by atoms with Crippen LogP contribution in [0.4, 0.5) is 5.69 Å². The van der Waals surface area contributed by atoms with E-state index in [1.807, 2.05) is 30.5 Å². The molecule has 0 aliphatic heterocycles. The zero-order valence-corrected chi connectivity index (χ0v) is 14.8. The lowest BCUT2D eigenvalue weighted by molar-refractivity contribution is 0.374. The summed E-state index contributed by atoms with van der Waals surface area (Å²) in [6.45, 7) is 2.74. The van der Waals surface area contributed by atoms with Crippen molar-refractivity contribution in [1.29, 1.82) is 0 Å². The summed E-state index contributed by atoms with van der Waals surface area (Å²) >= 11 is 6.03. The molecule has 1 aromatic carbocycles. The summed E-state index contributed by atoms with van der Waals surface area (Å²) in [5.74, 6) is 0.462. The fraction of sp³-hybridized carbons (Fsp3) is 0.316. The van der Waals surface area contributed by atoms with Crippen molar-refractivity contribution in [3.05, 3.63) is 59.4 Å². The summed E-state index contributed by atoms with van der Waals surface area (Å²) in [6.07, 6.45) is 8.35. The minimum atomic E-state index is 0.462. The Morgan fingerprint density at radius 3 is 2.83 bits per heavy atom. The Balaban J connectivity index is 1.54. The molecule has 0 bridgehead atoms. The third-order valence-corrected chi connectivity index (χ3v) is 4.29. The second kappa shape index (κ2) is 7.69. The predicted molar refractivity (Wildman–Crippen MR) is 103 cm³/mol. The van der Waals surface area contributed by atoms with Gasteiger partial charge in [0.1, 0.15) is 0 Å². The maximum atomic E-state index is 6.03. The van der Waals surface area contributed by atoms with Gasteiger partial charge >= 0.3 is 0 Å². The Hall–Kier alpha value is -2.04. The fourth-order valence-electron chi connectivity index (χ4n) is 2.94. The van der Waals surface area contributed by atoms with Gasteiger partial charge in [-0.25, -0.2) is 0 Å². The van der Waals surface area contributed by atoms with Crippen LogP contribution in [0.25, 0.3) is 10.9 Å². The van der Waals surface area contributed by atoms with E-state index in [-0.39, 0.29) is 0 Å². The average molecular weight is 343 g/mol. The highest BCUT2D eigenvalue weighted by Crippen LogP contribution is 2.24. The molecule has 24 heavy (non-hydrogen) atoms. The first kappa shape index (κ1) is 16.8. The number of nitrogens with one attached hydrogen (secondary N) is 2. The first-order chi connectivity index (χ1) is 11.6. The van der Waals surface area contributed by atoms with Crippen LogP contribution in [0.2, 0.25) is 5.02 Å². The molecule has 0 saturated heterocycles. The quantitative estimate of drug-likeness (QED) is 0.755. The molecule has 126 valence electrons. The standard InChI is InChI=1S/C19H23ClN4/c1-24(2)13-14-4-3-5-17(14)22-10-11-23-18-8-9-21-19-12-15(20)6-7-16(18)19/h3-9,12,14,22H,10-11,13H2,1-2H3,(H,21,23). The van der Waals surface area contributed by atoms with Crippen molar-refractivity contribution in [1.82, 2.24) is 15.2 Å². The maximum absolute atomic E-state index is 6.03. The number of fused-ring (bicyclic) bond motifs is 1. The number of allylic oxidation sites excluding steroid dienone is 2. The normalized spacial score (nSPS) is 16.7. The van der Waals surface area contributed by atoms with E-state index in [1.165, 1.54) is 5.70 Å². The minimum absolute atomic E-state index is 0.462. The Labute approximate surface area is 148 Å². The molecule has 0 saturated carbocycles. The van der Waals surface area contributed by atoms with Crippen molar-refractivity contribution >= 4 is 28.2 Å². The molecule has 0 spiro atoms. The number of benzene rings is 1. The van der Waals surface area contributed by atoms with Crippen LogP contribution in [-0.4, -0.2) is 43.6 Å². The molecule has 0 fully saturated rings. The molecule has 3 rings (SSSR count). The Morgan fingerprint density at radius 2 is 2.00 bits per heavy atom. The number of hydrogen-bond acceptors (Lipinski definition) is 4. The molecule has 1 heterocycles. The van der Waals surface area contributed by atoms with E-state index in [2.05, 4.69) is 52.8 Å². The fourth-order valence-corrected chi connectivity index (χ4v) is 3.11. The van der Waals surface area contributed by atoms with Gasteiger partial charge in [-0.3, -0.25) is 4.98 Å². The molecular formula is C19H23ClN4. The molecule has 0 amide bonds. The summed E-state index contributed by atoms with van der Waals surface area (Å²) in [6, 6.07) is 7.80. The van der Waals surface area contributed by atoms with E-state index in [0.29, 0.717) is 10.9 Å². The predicted octanol–water partition coefficient (Wildman–Crippen LogP) is 3.52. The Bertz CT molecular complexity index is 767. The van der Waals surface area contributed by atoms with Gasteiger partial charge < -0.3 is 15.5 Å². The molecule has 0 radical (unpaired) electrons. The second-order valence-corrected chi connectivity index (χ2v) is 6.69. The Morgan fingerprint density at radius 1 is 1.17 bits per heavy atom. The number of anilines is 1. The van der Waals surface area contributed by atoms with Crippen molar-refractivity contribution in [3.63, 3.8) is 0 Å². The van der Waals surface area contributed by atoms with Gasteiger partial charge in [-0.2, -0.15) is 0 Å². The average Bonchev–Trinajstić information content (AvgIpc) is 2.97. The maximum Gasteiger partial charge on any atom is 0.0737 e. The smallest absolute Gasteiger partial charge is 0.0737 e. The molecule has 2 aromatic rings. The highest BCUT2D eigenvalue weighted by Gasteiger charge is 2.14. The number of pyridine rings is 1. The zero-order chi connectivity index (χ0) is 16.9. The van der Waals surface area contributed by atoms with Crippen LogP contribution in [-0.2, 0) is 0 Å². The lowest BCUT2D eigenvalue weighted by atomic mass is 10.1. The monoisotopic (exact) mass is 342 g/mol. The summed E-state index contributed by atoms with van der Waals surface area (Å²) < 4.78 is 0. The second-order valence-electron chi connectivity index (χ2n) is 6.25. The van der Waals surface area contributed by atoms with Crippen LogP contribution < -0.4 is 10.6 Å². The van der Waals surface area contributed by atoms with Crippen molar-refractivity contribution in [2.45, 2.75) is 0 Å². The molecule has 1 aromatic heterocycles. The molecule has 1 unspecified atom stereocenters. The van der Waals surface area contributed by atoms with Gasteiger partial charge in [0.15, 0.2) is 0 Å². The van der Waals surface area contributed by atoms with Gasteiger partial charge in [0, 0.05) is 53.5 Å². The molecule has 1 aliphatic carbocycles. The summed E-state index contributed by atoms with van der Waals surface area (Å²) in [5.41, 5.74) is 3.29. The number of nitrogens with zero attached hydrogens (tertiary/aromatic N) is 2. The highest BCUT2D eigenvalue weighted by atomic mass is 35.5. The van der Waals surface area contributed by atoms with Crippen molar-refractivity contribution in [2.75, 3.05) is 39.0 Å². The van der Waals surface area contributed by atoms with Crippen LogP contribution >= 0.6 is 11.6 Å². The Kier molecular flexibility index (Phi) is 5.38. The summed E-state index contributed by atoms with van der Waals surface area (Å²) in [4.78, 5) is 6.58. The lowest BCUT2D eigenvalue weighted by Gasteiger charge is -2.20. The van der Waals surface area contributed by atoms with Gasteiger partial charge in [-0.15, -0.1) is 0 Å². The van der Waals surface area contributed by atoms with Crippen molar-refractivity contribution in [3.8, 4) is 0 Å². The van der Waals surface area contributed by atoms with Crippen LogP contribution in [0.15, 0.2) is 54.4 Å². The van der Waals surface area contributed by atoms with Crippen molar-refractivity contribution in [2.24, 2.45) is 5.92 Å². The topological polar surface area (TPSA) is 40.2 Å². The lowest BCUT2D eigenvalue weighted by Crippen LogP contribution is -2.29. The third-order valence-electron chi connectivity index (χ3n) is 4.05. The zero-order valence-electron chi connectivity index (χ0n) is 14.1. The number of aromatic nitrogens is 1. The van der Waals surface area contributed by atoms with E-state index in [0.717, 1.165) is 36.2 Å². The van der Waals surface area contributed by atoms with Crippen LogP contribution in [0.5, 0.6) is 0 Å². The van der Waals surface area contributed by atoms with E-state index >= 15 is 0 Å². The van der Waals surface area contributed by atoms with Gasteiger partial charge in [0.25, 0.3) is 0 Å². The minimum Gasteiger partial charge on any atom is -0.386 e. The van der Waals surface area contributed by atoms with Crippen LogP contribution in [0, 0.1) is 5.92 Å². The number of halogens is 1. The van der Waals surface area contributed by atoms with E-state index in [4.69, 9.17) is 11.6 Å². The van der Waals surface area contributed by atoms with Crippen LogP contribution in [0.1, 0.15) is 0 Å². The van der Waals surface area contributed by atoms with Gasteiger partial charge in [-0.05, 0) is 44.4 Å². The van der Waals surface area contributed by atoms with E-state index in [1.54, 1.807) is 0 Å². The van der Waals surface area contributed by atoms with E-state index < -0.39 is 0 Å². The number of hydrogen-bond donors (Lipinski definition) is 2. The van der Waals surface area contributed by atoms with Gasteiger partial charge in [0.05, 0.1) is 5.52 Å². The highest BCUT2D eigenvalue weighted by molar-refractivity contribution is 6.31. The SMILES string of the molecule is CN(C)CC1C=CC=C1NCCNc1ccnc2cc(Cl)ccc12. The molecule has 1 aliphatic rings. The first-order valence-electron chi connectivity index (χ1n) is 8.18. The van der Waals surface area contributed by atoms with Crippen LogP contribution in [0.3, 0.4) is 0 Å². The largest absolute Gasteiger partial charge is 0.386 e. The first-order valence-corrected chi connectivity index (χ1v) is 8.56. The molecular weight excluding hydrogens is 320 g/mol. The van der Waals surface area contributed by atoms with E-state index in [9.17, 15) is 0 Å². The molecule has 2 N–H and O–H groups in total. The van der Waals surface area contributed by atoms with Gasteiger partial charge in [0.2, 0.25) is 0 Å². The van der Waals surface area contributed by atoms with Crippen molar-refractivity contribution < 1.29 is 0 Å².